The molecule has 3 heterocycles. The average molecular weight is 310 g/mol. The largest absolute Gasteiger partial charge is 0.372 e. The first kappa shape index (κ1) is 14.7. The summed E-state index contributed by atoms with van der Waals surface area (Å²) >= 11 is 0. The molecule has 1 aromatic rings. The number of sulfonamides is 1. The Morgan fingerprint density at radius 1 is 1.29 bits per heavy atom. The molecule has 2 fully saturated rings. The van der Waals surface area contributed by atoms with Gasteiger partial charge in [-0.05, 0) is 44.5 Å². The molecule has 0 radical (unpaired) electrons. The molecule has 0 spiro atoms. The van der Waals surface area contributed by atoms with Crippen molar-refractivity contribution in [2.24, 2.45) is 0 Å². The van der Waals surface area contributed by atoms with Crippen LogP contribution in [0.2, 0.25) is 0 Å². The van der Waals surface area contributed by atoms with Crippen molar-refractivity contribution < 1.29 is 8.42 Å². The van der Waals surface area contributed by atoms with Crippen molar-refractivity contribution in [1.82, 2.24) is 14.2 Å². The maximum Gasteiger partial charge on any atom is 0.246 e. The summed E-state index contributed by atoms with van der Waals surface area (Å²) in [5.74, 6) is 0.421. The summed E-state index contributed by atoms with van der Waals surface area (Å²) < 4.78 is 27.5. The molecule has 116 valence electrons. The molecule has 7 heteroatoms. The van der Waals surface area contributed by atoms with Gasteiger partial charge in [0.25, 0.3) is 0 Å². The van der Waals surface area contributed by atoms with Gasteiger partial charge in [0, 0.05) is 32.4 Å². The smallest absolute Gasteiger partial charge is 0.246 e. The highest BCUT2D eigenvalue weighted by Crippen LogP contribution is 2.27. The van der Waals surface area contributed by atoms with Crippen LogP contribution in [0.15, 0.2) is 23.2 Å². The van der Waals surface area contributed by atoms with Gasteiger partial charge in [-0.2, -0.15) is 4.31 Å². The van der Waals surface area contributed by atoms with Gasteiger partial charge in [-0.3, -0.25) is 4.90 Å². The van der Waals surface area contributed by atoms with E-state index in [9.17, 15) is 8.42 Å². The first-order valence-corrected chi connectivity index (χ1v) is 8.94. The van der Waals surface area contributed by atoms with Gasteiger partial charge in [0.05, 0.1) is 0 Å². The molecule has 0 amide bonds. The molecule has 3 rings (SSSR count). The van der Waals surface area contributed by atoms with Crippen molar-refractivity contribution >= 4 is 15.8 Å². The molecule has 21 heavy (non-hydrogen) atoms. The molecule has 6 nitrogen and oxygen atoms in total. The number of anilines is 1. The minimum atomic E-state index is -3.49. The number of hydrogen-bond acceptors (Lipinski definition) is 5. The Bertz CT molecular complexity index is 605. The van der Waals surface area contributed by atoms with Crippen molar-refractivity contribution in [3.05, 3.63) is 18.3 Å². The van der Waals surface area contributed by atoms with Gasteiger partial charge in [-0.1, -0.05) is 0 Å². The molecule has 0 aliphatic carbocycles. The van der Waals surface area contributed by atoms with Crippen molar-refractivity contribution in [1.29, 1.82) is 0 Å². The monoisotopic (exact) mass is 310 g/mol. The highest BCUT2D eigenvalue weighted by atomic mass is 32.2. The summed E-state index contributed by atoms with van der Waals surface area (Å²) in [7, 11) is -1.79. The zero-order valence-electron chi connectivity index (χ0n) is 12.3. The third-order valence-corrected chi connectivity index (χ3v) is 6.29. The number of rotatable bonds is 3. The fourth-order valence-corrected chi connectivity index (χ4v) is 4.98. The Hall–Kier alpha value is -1.18. The van der Waals surface area contributed by atoms with Crippen molar-refractivity contribution in [2.45, 2.75) is 30.2 Å². The van der Waals surface area contributed by atoms with Crippen LogP contribution in [-0.2, 0) is 10.0 Å². The van der Waals surface area contributed by atoms with E-state index in [2.05, 4.69) is 15.2 Å². The van der Waals surface area contributed by atoms with E-state index in [0.29, 0.717) is 24.9 Å². The maximum atomic E-state index is 12.9. The molecule has 1 N–H and O–H groups in total. The van der Waals surface area contributed by atoms with Crippen molar-refractivity contribution in [3.8, 4) is 0 Å². The normalized spacial score (nSPS) is 24.5. The second-order valence-corrected chi connectivity index (χ2v) is 7.56. The Morgan fingerprint density at radius 3 is 2.90 bits per heavy atom. The lowest BCUT2D eigenvalue weighted by Gasteiger charge is -2.25. The van der Waals surface area contributed by atoms with E-state index in [1.54, 1.807) is 29.7 Å². The number of aromatic nitrogens is 1. The van der Waals surface area contributed by atoms with Crippen molar-refractivity contribution in [3.63, 3.8) is 0 Å². The van der Waals surface area contributed by atoms with Crippen molar-refractivity contribution in [2.75, 3.05) is 38.5 Å². The van der Waals surface area contributed by atoms with Crippen LogP contribution in [-0.4, -0.2) is 61.9 Å². The molecular weight excluding hydrogens is 288 g/mol. The fourth-order valence-electron chi connectivity index (χ4n) is 3.32. The lowest BCUT2D eigenvalue weighted by molar-refractivity contribution is 0.257. The van der Waals surface area contributed by atoms with E-state index >= 15 is 0 Å². The van der Waals surface area contributed by atoms with Crippen LogP contribution in [0.4, 0.5) is 5.82 Å². The van der Waals surface area contributed by atoms with Gasteiger partial charge < -0.3 is 5.32 Å². The number of nitrogens with zero attached hydrogens (tertiary/aromatic N) is 3. The molecule has 0 aromatic carbocycles. The Kier molecular flexibility index (Phi) is 4.14. The SMILES string of the molecule is CNc1ncccc1S(=O)(=O)N1CCCN2CCCC2C1. The summed E-state index contributed by atoms with van der Waals surface area (Å²) in [4.78, 5) is 6.83. The van der Waals surface area contributed by atoms with Crippen LogP contribution >= 0.6 is 0 Å². The summed E-state index contributed by atoms with van der Waals surface area (Å²) in [5, 5.41) is 2.88. The minimum Gasteiger partial charge on any atom is -0.372 e. The number of nitrogens with one attached hydrogen (secondary N) is 1. The van der Waals surface area contributed by atoms with E-state index in [0.717, 1.165) is 25.9 Å². The molecule has 1 atom stereocenters. The van der Waals surface area contributed by atoms with E-state index in [1.807, 2.05) is 0 Å². The summed E-state index contributed by atoms with van der Waals surface area (Å²) in [6.45, 7) is 3.30. The van der Waals surface area contributed by atoms with Gasteiger partial charge in [0.1, 0.15) is 10.7 Å². The average Bonchev–Trinajstić information content (AvgIpc) is 2.83. The predicted molar refractivity (Wildman–Crippen MR) is 81.8 cm³/mol. The van der Waals surface area contributed by atoms with E-state index < -0.39 is 10.0 Å². The second-order valence-electron chi connectivity index (χ2n) is 5.65. The van der Waals surface area contributed by atoms with Crippen LogP contribution in [0, 0.1) is 0 Å². The highest BCUT2D eigenvalue weighted by Gasteiger charge is 2.35. The highest BCUT2D eigenvalue weighted by molar-refractivity contribution is 7.89. The molecule has 1 aromatic heterocycles. The molecular formula is C14H22N4O2S. The van der Waals surface area contributed by atoms with Crippen LogP contribution in [0.25, 0.3) is 0 Å². The standard InChI is InChI=1S/C14H22N4O2S/c1-15-14-13(6-2-7-16-14)21(19,20)18-10-4-9-17-8-3-5-12(17)11-18/h2,6-7,12H,3-5,8-11H2,1H3,(H,15,16). The predicted octanol–water partition coefficient (Wildman–Crippen LogP) is 0.982. The molecule has 2 saturated heterocycles. The van der Waals surface area contributed by atoms with Gasteiger partial charge in [-0.15, -0.1) is 0 Å². The zero-order chi connectivity index (χ0) is 14.9. The molecule has 1 unspecified atom stereocenters. The molecule has 2 aliphatic rings. The zero-order valence-corrected chi connectivity index (χ0v) is 13.1. The number of pyridine rings is 1. The van der Waals surface area contributed by atoms with Gasteiger partial charge >= 0.3 is 0 Å². The lowest BCUT2D eigenvalue weighted by atomic mass is 10.2. The van der Waals surface area contributed by atoms with E-state index in [4.69, 9.17) is 0 Å². The van der Waals surface area contributed by atoms with E-state index in [-0.39, 0.29) is 4.90 Å². The molecule has 2 aliphatic heterocycles. The lowest BCUT2D eigenvalue weighted by Crippen LogP contribution is -2.39. The Balaban J connectivity index is 1.90. The molecule has 0 bridgehead atoms. The van der Waals surface area contributed by atoms with E-state index in [1.165, 1.54) is 6.42 Å². The van der Waals surface area contributed by atoms with Crippen LogP contribution < -0.4 is 5.32 Å². The molecule has 0 saturated carbocycles. The fraction of sp³-hybridized carbons (Fsp3) is 0.643. The van der Waals surface area contributed by atoms with Gasteiger partial charge in [-0.25, -0.2) is 13.4 Å². The summed E-state index contributed by atoms with van der Waals surface area (Å²) in [5.41, 5.74) is 0. The maximum absolute atomic E-state index is 12.9. The first-order valence-electron chi connectivity index (χ1n) is 7.50. The third-order valence-electron chi connectivity index (χ3n) is 4.39. The van der Waals surface area contributed by atoms with Crippen LogP contribution in [0.3, 0.4) is 0 Å². The number of hydrogen-bond donors (Lipinski definition) is 1. The topological polar surface area (TPSA) is 65.5 Å². The summed E-state index contributed by atoms with van der Waals surface area (Å²) in [6.07, 6.45) is 4.77. The Morgan fingerprint density at radius 2 is 2.10 bits per heavy atom. The van der Waals surface area contributed by atoms with Crippen LogP contribution in [0.1, 0.15) is 19.3 Å². The third kappa shape index (κ3) is 2.77. The minimum absolute atomic E-state index is 0.277. The number of fused-ring (bicyclic) bond motifs is 1. The summed E-state index contributed by atoms with van der Waals surface area (Å²) in [6, 6.07) is 3.68. The Labute approximate surface area is 126 Å². The van der Waals surface area contributed by atoms with Crippen LogP contribution in [0.5, 0.6) is 0 Å². The first-order chi connectivity index (χ1) is 10.1. The second kappa shape index (κ2) is 5.90. The quantitative estimate of drug-likeness (QED) is 0.901. The van der Waals surface area contributed by atoms with Gasteiger partial charge in [0.2, 0.25) is 10.0 Å². The van der Waals surface area contributed by atoms with Gasteiger partial charge in [0.15, 0.2) is 0 Å².